The van der Waals surface area contributed by atoms with Crippen LogP contribution in [0.1, 0.15) is 25.5 Å². The molecule has 0 spiro atoms. The standard InChI is InChI=1S/C14H22FNO3/c1-3-16-11(2)13-5-4-12(15)10-14(13)19-9-8-18-7-6-17/h4-5,10-11,16-17H,3,6-9H2,1-2H3. The molecule has 0 fully saturated rings. The third-order valence-electron chi connectivity index (χ3n) is 2.67. The molecule has 0 bridgehead atoms. The van der Waals surface area contributed by atoms with Gasteiger partial charge < -0.3 is 19.9 Å². The van der Waals surface area contributed by atoms with Gasteiger partial charge in [0.05, 0.1) is 19.8 Å². The van der Waals surface area contributed by atoms with Gasteiger partial charge in [-0.3, -0.25) is 0 Å². The Morgan fingerprint density at radius 3 is 2.79 bits per heavy atom. The first-order chi connectivity index (χ1) is 9.19. The Morgan fingerprint density at radius 1 is 1.32 bits per heavy atom. The molecule has 5 heteroatoms. The maximum atomic E-state index is 13.3. The molecule has 0 aliphatic carbocycles. The van der Waals surface area contributed by atoms with Gasteiger partial charge in [-0.15, -0.1) is 0 Å². The second-order valence-corrected chi connectivity index (χ2v) is 4.15. The Bertz CT molecular complexity index is 374. The zero-order valence-corrected chi connectivity index (χ0v) is 11.5. The molecular weight excluding hydrogens is 249 g/mol. The summed E-state index contributed by atoms with van der Waals surface area (Å²) in [5.74, 6) is 0.208. The van der Waals surface area contributed by atoms with Crippen LogP contribution < -0.4 is 10.1 Å². The molecule has 0 saturated heterocycles. The molecule has 0 radical (unpaired) electrons. The lowest BCUT2D eigenvalue weighted by Gasteiger charge is -2.17. The first-order valence-corrected chi connectivity index (χ1v) is 6.53. The molecule has 1 unspecified atom stereocenters. The van der Waals surface area contributed by atoms with Crippen molar-refractivity contribution in [2.24, 2.45) is 0 Å². The van der Waals surface area contributed by atoms with E-state index < -0.39 is 0 Å². The van der Waals surface area contributed by atoms with Crippen LogP contribution in [0.5, 0.6) is 5.75 Å². The van der Waals surface area contributed by atoms with Gasteiger partial charge in [0.25, 0.3) is 0 Å². The molecular formula is C14H22FNO3. The van der Waals surface area contributed by atoms with E-state index in [0.29, 0.717) is 19.0 Å². The molecule has 0 saturated carbocycles. The zero-order chi connectivity index (χ0) is 14.1. The monoisotopic (exact) mass is 271 g/mol. The second-order valence-electron chi connectivity index (χ2n) is 4.15. The van der Waals surface area contributed by atoms with Crippen molar-refractivity contribution in [3.8, 4) is 5.75 Å². The summed E-state index contributed by atoms with van der Waals surface area (Å²) >= 11 is 0. The Hall–Kier alpha value is -1.17. The van der Waals surface area contributed by atoms with E-state index in [4.69, 9.17) is 14.6 Å². The number of ether oxygens (including phenoxy) is 2. The molecule has 1 atom stereocenters. The molecule has 2 N–H and O–H groups in total. The van der Waals surface area contributed by atoms with Gasteiger partial charge in [0.1, 0.15) is 18.2 Å². The highest BCUT2D eigenvalue weighted by atomic mass is 19.1. The molecule has 1 aromatic carbocycles. The van der Waals surface area contributed by atoms with Crippen molar-refractivity contribution < 1.29 is 19.0 Å². The first-order valence-electron chi connectivity index (χ1n) is 6.53. The van der Waals surface area contributed by atoms with Gasteiger partial charge in [-0.25, -0.2) is 4.39 Å². The molecule has 0 amide bonds. The van der Waals surface area contributed by atoms with Crippen molar-refractivity contribution in [3.05, 3.63) is 29.6 Å². The molecule has 4 nitrogen and oxygen atoms in total. The number of benzene rings is 1. The molecule has 19 heavy (non-hydrogen) atoms. The minimum atomic E-state index is -0.321. The summed E-state index contributed by atoms with van der Waals surface area (Å²) in [5, 5.41) is 11.8. The van der Waals surface area contributed by atoms with Gasteiger partial charge in [0.2, 0.25) is 0 Å². The summed E-state index contributed by atoms with van der Waals surface area (Å²) in [6.45, 7) is 5.82. The predicted octanol–water partition coefficient (Wildman–Crippen LogP) is 1.88. The van der Waals surface area contributed by atoms with Gasteiger partial charge in [-0.05, 0) is 19.5 Å². The van der Waals surface area contributed by atoms with E-state index in [1.807, 2.05) is 13.8 Å². The van der Waals surface area contributed by atoms with Crippen LogP contribution in [0, 0.1) is 5.82 Å². The van der Waals surface area contributed by atoms with E-state index >= 15 is 0 Å². The number of halogens is 1. The fraction of sp³-hybridized carbons (Fsp3) is 0.571. The van der Waals surface area contributed by atoms with Gasteiger partial charge in [-0.2, -0.15) is 0 Å². The second kappa shape index (κ2) is 8.85. The number of aliphatic hydroxyl groups is 1. The van der Waals surface area contributed by atoms with Crippen molar-refractivity contribution in [3.63, 3.8) is 0 Å². The highest BCUT2D eigenvalue weighted by Gasteiger charge is 2.11. The lowest BCUT2D eigenvalue weighted by atomic mass is 10.1. The molecule has 108 valence electrons. The third kappa shape index (κ3) is 5.55. The quantitative estimate of drug-likeness (QED) is 0.673. The molecule has 0 aliphatic rings. The van der Waals surface area contributed by atoms with Gasteiger partial charge in [0.15, 0.2) is 0 Å². The minimum absolute atomic E-state index is 0.0112. The minimum Gasteiger partial charge on any atom is -0.491 e. The predicted molar refractivity (Wildman–Crippen MR) is 71.9 cm³/mol. The summed E-state index contributed by atoms with van der Waals surface area (Å²) in [6.07, 6.45) is 0. The van der Waals surface area contributed by atoms with Crippen molar-refractivity contribution in [2.45, 2.75) is 19.9 Å². The van der Waals surface area contributed by atoms with E-state index in [0.717, 1.165) is 12.1 Å². The third-order valence-corrected chi connectivity index (χ3v) is 2.67. The molecule has 0 aromatic heterocycles. The fourth-order valence-electron chi connectivity index (χ4n) is 1.78. The van der Waals surface area contributed by atoms with Crippen LogP contribution in [0.3, 0.4) is 0 Å². The topological polar surface area (TPSA) is 50.7 Å². The largest absolute Gasteiger partial charge is 0.491 e. The molecule has 0 aliphatic heterocycles. The first kappa shape index (κ1) is 15.9. The van der Waals surface area contributed by atoms with Crippen LogP contribution in [0.15, 0.2) is 18.2 Å². The summed E-state index contributed by atoms with van der Waals surface area (Å²) < 4.78 is 23.9. The lowest BCUT2D eigenvalue weighted by molar-refractivity contribution is 0.0701. The number of hydrogen-bond acceptors (Lipinski definition) is 4. The van der Waals surface area contributed by atoms with E-state index in [2.05, 4.69) is 5.32 Å². The van der Waals surface area contributed by atoms with Crippen LogP contribution in [-0.2, 0) is 4.74 Å². The average Bonchev–Trinajstić information content (AvgIpc) is 2.39. The molecule has 1 rings (SSSR count). The summed E-state index contributed by atoms with van der Waals surface area (Å²) in [7, 11) is 0. The maximum absolute atomic E-state index is 13.3. The Morgan fingerprint density at radius 2 is 2.11 bits per heavy atom. The van der Waals surface area contributed by atoms with Crippen molar-refractivity contribution in [1.29, 1.82) is 0 Å². The van der Waals surface area contributed by atoms with Crippen molar-refractivity contribution in [2.75, 3.05) is 33.0 Å². The van der Waals surface area contributed by atoms with Crippen LogP contribution >= 0.6 is 0 Å². The highest BCUT2D eigenvalue weighted by molar-refractivity contribution is 5.36. The fourth-order valence-corrected chi connectivity index (χ4v) is 1.78. The Labute approximate surface area is 113 Å². The van der Waals surface area contributed by atoms with Gasteiger partial charge in [-0.1, -0.05) is 13.0 Å². The number of hydrogen-bond donors (Lipinski definition) is 2. The summed E-state index contributed by atoms with van der Waals surface area (Å²) in [6, 6.07) is 4.64. The van der Waals surface area contributed by atoms with Crippen LogP contribution in [0.4, 0.5) is 4.39 Å². The lowest BCUT2D eigenvalue weighted by Crippen LogP contribution is -2.19. The van der Waals surface area contributed by atoms with Crippen LogP contribution in [0.25, 0.3) is 0 Å². The Kier molecular flexibility index (Phi) is 7.40. The Balaban J connectivity index is 2.61. The van der Waals surface area contributed by atoms with Gasteiger partial charge in [0, 0.05) is 17.7 Å². The average molecular weight is 271 g/mol. The maximum Gasteiger partial charge on any atom is 0.127 e. The number of nitrogens with one attached hydrogen (secondary N) is 1. The van der Waals surface area contributed by atoms with E-state index in [-0.39, 0.29) is 25.1 Å². The normalized spacial score (nSPS) is 12.4. The molecule has 0 heterocycles. The van der Waals surface area contributed by atoms with E-state index in [1.165, 1.54) is 12.1 Å². The van der Waals surface area contributed by atoms with E-state index in [1.54, 1.807) is 6.07 Å². The highest BCUT2D eigenvalue weighted by Crippen LogP contribution is 2.26. The van der Waals surface area contributed by atoms with Crippen LogP contribution in [0.2, 0.25) is 0 Å². The van der Waals surface area contributed by atoms with Crippen LogP contribution in [-0.4, -0.2) is 38.1 Å². The summed E-state index contributed by atoms with van der Waals surface area (Å²) in [5.41, 5.74) is 0.922. The van der Waals surface area contributed by atoms with Crippen molar-refractivity contribution >= 4 is 0 Å². The van der Waals surface area contributed by atoms with E-state index in [9.17, 15) is 4.39 Å². The smallest absolute Gasteiger partial charge is 0.127 e. The SMILES string of the molecule is CCNC(C)c1ccc(F)cc1OCCOCCO. The van der Waals surface area contributed by atoms with Gasteiger partial charge >= 0.3 is 0 Å². The van der Waals surface area contributed by atoms with Crippen molar-refractivity contribution in [1.82, 2.24) is 5.32 Å². The molecule has 1 aromatic rings. The number of rotatable bonds is 9. The zero-order valence-electron chi connectivity index (χ0n) is 11.5. The summed E-state index contributed by atoms with van der Waals surface area (Å²) in [4.78, 5) is 0. The number of aliphatic hydroxyl groups excluding tert-OH is 1.